The lowest BCUT2D eigenvalue weighted by Crippen LogP contribution is -2.39. The Morgan fingerprint density at radius 2 is 2.24 bits per heavy atom. The number of anilines is 1. The summed E-state index contributed by atoms with van der Waals surface area (Å²) in [6.45, 7) is 1.71. The molecule has 1 aliphatic heterocycles. The number of hydrogen-bond donors (Lipinski definition) is 1. The van der Waals surface area contributed by atoms with E-state index in [1.807, 2.05) is 44.2 Å². The summed E-state index contributed by atoms with van der Waals surface area (Å²) in [5, 5.41) is 7.03. The smallest absolute Gasteiger partial charge is 0.317 e. The molecule has 0 bridgehead atoms. The topological polar surface area (TPSA) is 75.5 Å². The van der Waals surface area contributed by atoms with Crippen molar-refractivity contribution in [1.82, 2.24) is 25.0 Å². The third kappa shape index (κ3) is 4.01. The van der Waals surface area contributed by atoms with E-state index in [-0.39, 0.29) is 12.1 Å². The molecule has 8 nitrogen and oxygen atoms in total. The summed E-state index contributed by atoms with van der Waals surface area (Å²) in [5.41, 5.74) is 0.964. The van der Waals surface area contributed by atoms with Crippen molar-refractivity contribution < 1.29 is 9.53 Å². The van der Waals surface area contributed by atoms with Crippen LogP contribution in [0.1, 0.15) is 12.1 Å². The standard InChI is InChI=1S/C17H24N6O2/c1-21(2)16-15(5-4-8-18-16)25-14-7-10-23(12-14)17(24)19-11-13-6-9-20-22(13)3/h4-6,8-9,14H,7,10-12H2,1-3H3,(H,19,24). The van der Waals surface area contributed by atoms with E-state index in [9.17, 15) is 4.79 Å². The molecule has 2 aromatic rings. The average molecular weight is 344 g/mol. The van der Waals surface area contributed by atoms with Gasteiger partial charge < -0.3 is 19.9 Å². The number of amides is 2. The lowest BCUT2D eigenvalue weighted by atomic mass is 10.3. The van der Waals surface area contributed by atoms with E-state index in [4.69, 9.17) is 4.74 Å². The van der Waals surface area contributed by atoms with Crippen molar-refractivity contribution in [2.75, 3.05) is 32.1 Å². The summed E-state index contributed by atoms with van der Waals surface area (Å²) in [6, 6.07) is 5.58. The SMILES string of the molecule is CN(C)c1ncccc1OC1CCN(C(=O)NCc2ccnn2C)C1. The van der Waals surface area contributed by atoms with Crippen LogP contribution in [-0.4, -0.2) is 59.0 Å². The molecule has 3 rings (SSSR count). The van der Waals surface area contributed by atoms with Gasteiger partial charge in [0.1, 0.15) is 6.10 Å². The van der Waals surface area contributed by atoms with E-state index in [2.05, 4.69) is 15.4 Å². The Hall–Kier alpha value is -2.77. The zero-order chi connectivity index (χ0) is 17.8. The minimum atomic E-state index is -0.0775. The van der Waals surface area contributed by atoms with Crippen LogP contribution in [0.4, 0.5) is 10.6 Å². The molecule has 1 atom stereocenters. The highest BCUT2D eigenvalue weighted by atomic mass is 16.5. The maximum absolute atomic E-state index is 12.3. The van der Waals surface area contributed by atoms with Gasteiger partial charge >= 0.3 is 6.03 Å². The molecule has 0 spiro atoms. The zero-order valence-electron chi connectivity index (χ0n) is 14.8. The number of rotatable bonds is 5. The lowest BCUT2D eigenvalue weighted by Gasteiger charge is -2.20. The van der Waals surface area contributed by atoms with Gasteiger partial charge in [-0.15, -0.1) is 0 Å². The largest absolute Gasteiger partial charge is 0.485 e. The Morgan fingerprint density at radius 1 is 1.40 bits per heavy atom. The quantitative estimate of drug-likeness (QED) is 0.883. The number of ether oxygens (including phenoxy) is 1. The van der Waals surface area contributed by atoms with Gasteiger partial charge in [0.05, 0.1) is 18.8 Å². The van der Waals surface area contributed by atoms with Gasteiger partial charge in [0.2, 0.25) is 0 Å². The van der Waals surface area contributed by atoms with Crippen LogP contribution in [0.5, 0.6) is 5.75 Å². The molecular formula is C17H24N6O2. The second-order valence-electron chi connectivity index (χ2n) is 6.30. The fraction of sp³-hybridized carbons (Fsp3) is 0.471. The molecule has 1 aliphatic rings. The van der Waals surface area contributed by atoms with E-state index in [1.54, 1.807) is 22.0 Å². The number of aryl methyl sites for hydroxylation is 1. The molecule has 1 saturated heterocycles. The van der Waals surface area contributed by atoms with Crippen LogP contribution < -0.4 is 15.0 Å². The zero-order valence-corrected chi connectivity index (χ0v) is 14.8. The monoisotopic (exact) mass is 344 g/mol. The molecule has 1 fully saturated rings. The van der Waals surface area contributed by atoms with Crippen LogP contribution >= 0.6 is 0 Å². The maximum Gasteiger partial charge on any atom is 0.317 e. The van der Waals surface area contributed by atoms with Crippen molar-refractivity contribution in [2.45, 2.75) is 19.1 Å². The van der Waals surface area contributed by atoms with Crippen molar-refractivity contribution in [2.24, 2.45) is 7.05 Å². The van der Waals surface area contributed by atoms with E-state index in [1.165, 1.54) is 0 Å². The van der Waals surface area contributed by atoms with Crippen molar-refractivity contribution >= 4 is 11.8 Å². The van der Waals surface area contributed by atoms with Crippen molar-refractivity contribution in [3.63, 3.8) is 0 Å². The summed E-state index contributed by atoms with van der Waals surface area (Å²) < 4.78 is 7.83. The number of nitrogens with zero attached hydrogens (tertiary/aromatic N) is 5. The van der Waals surface area contributed by atoms with Crippen molar-refractivity contribution in [3.8, 4) is 5.75 Å². The molecule has 134 valence electrons. The van der Waals surface area contributed by atoms with Crippen LogP contribution in [-0.2, 0) is 13.6 Å². The molecule has 8 heteroatoms. The lowest BCUT2D eigenvalue weighted by molar-refractivity contribution is 0.186. The van der Waals surface area contributed by atoms with Crippen LogP contribution in [0.25, 0.3) is 0 Å². The Morgan fingerprint density at radius 3 is 2.96 bits per heavy atom. The highest BCUT2D eigenvalue weighted by molar-refractivity contribution is 5.74. The van der Waals surface area contributed by atoms with Gasteiger partial charge in [-0.3, -0.25) is 4.68 Å². The fourth-order valence-electron chi connectivity index (χ4n) is 2.85. The number of urea groups is 1. The van der Waals surface area contributed by atoms with Gasteiger partial charge in [-0.25, -0.2) is 9.78 Å². The minimum Gasteiger partial charge on any atom is -0.485 e. The predicted octanol–water partition coefficient (Wildman–Crippen LogP) is 1.24. The van der Waals surface area contributed by atoms with Crippen LogP contribution in [0.2, 0.25) is 0 Å². The number of carbonyl (C=O) groups is 1. The molecule has 1 unspecified atom stereocenters. The van der Waals surface area contributed by atoms with Gasteiger partial charge in [0.15, 0.2) is 11.6 Å². The summed E-state index contributed by atoms with van der Waals surface area (Å²) in [7, 11) is 5.72. The highest BCUT2D eigenvalue weighted by Crippen LogP contribution is 2.26. The van der Waals surface area contributed by atoms with Gasteiger partial charge in [-0.2, -0.15) is 5.10 Å². The summed E-state index contributed by atoms with van der Waals surface area (Å²) in [4.78, 5) is 20.4. The van der Waals surface area contributed by atoms with E-state index < -0.39 is 0 Å². The molecule has 2 aromatic heterocycles. The first-order valence-corrected chi connectivity index (χ1v) is 8.33. The molecule has 2 amide bonds. The normalized spacial score (nSPS) is 16.8. The summed E-state index contributed by atoms with van der Waals surface area (Å²) in [5.74, 6) is 1.54. The maximum atomic E-state index is 12.3. The second kappa shape index (κ2) is 7.42. The molecule has 0 saturated carbocycles. The Bertz CT molecular complexity index is 729. The molecule has 25 heavy (non-hydrogen) atoms. The second-order valence-corrected chi connectivity index (χ2v) is 6.30. The number of aromatic nitrogens is 3. The molecule has 0 radical (unpaired) electrons. The summed E-state index contributed by atoms with van der Waals surface area (Å²) in [6.07, 6.45) is 4.25. The van der Waals surface area contributed by atoms with Gasteiger partial charge in [0.25, 0.3) is 0 Å². The Balaban J connectivity index is 1.53. The fourth-order valence-corrected chi connectivity index (χ4v) is 2.85. The molecule has 0 aliphatic carbocycles. The first-order chi connectivity index (χ1) is 12.0. The van der Waals surface area contributed by atoms with Gasteiger partial charge in [0, 0.05) is 46.5 Å². The predicted molar refractivity (Wildman–Crippen MR) is 94.6 cm³/mol. The third-order valence-electron chi connectivity index (χ3n) is 4.24. The Kier molecular flexibility index (Phi) is 5.06. The number of likely N-dealkylation sites (tertiary alicyclic amines) is 1. The van der Waals surface area contributed by atoms with Crippen LogP contribution in [0, 0.1) is 0 Å². The number of hydrogen-bond acceptors (Lipinski definition) is 5. The molecule has 0 aromatic carbocycles. The summed E-state index contributed by atoms with van der Waals surface area (Å²) >= 11 is 0. The van der Waals surface area contributed by atoms with E-state index in [0.717, 1.165) is 23.7 Å². The van der Waals surface area contributed by atoms with Crippen LogP contribution in [0.15, 0.2) is 30.6 Å². The molecular weight excluding hydrogens is 320 g/mol. The molecule has 1 N–H and O–H groups in total. The van der Waals surface area contributed by atoms with Gasteiger partial charge in [-0.05, 0) is 18.2 Å². The Labute approximate surface area is 147 Å². The minimum absolute atomic E-state index is 0.0228. The van der Waals surface area contributed by atoms with Gasteiger partial charge in [-0.1, -0.05) is 0 Å². The first kappa shape index (κ1) is 17.1. The van der Waals surface area contributed by atoms with E-state index >= 15 is 0 Å². The van der Waals surface area contributed by atoms with Crippen molar-refractivity contribution in [1.29, 1.82) is 0 Å². The molecule has 3 heterocycles. The third-order valence-corrected chi connectivity index (χ3v) is 4.24. The van der Waals surface area contributed by atoms with Crippen molar-refractivity contribution in [3.05, 3.63) is 36.3 Å². The number of nitrogens with one attached hydrogen (secondary N) is 1. The average Bonchev–Trinajstić information content (AvgIpc) is 3.22. The first-order valence-electron chi connectivity index (χ1n) is 8.33. The number of pyridine rings is 1. The highest BCUT2D eigenvalue weighted by Gasteiger charge is 2.28. The van der Waals surface area contributed by atoms with Crippen LogP contribution in [0.3, 0.4) is 0 Å². The number of carbonyl (C=O) groups excluding carboxylic acids is 1. The van der Waals surface area contributed by atoms with E-state index in [0.29, 0.717) is 19.6 Å².